The molecule has 170 valence electrons. The van der Waals surface area contributed by atoms with Crippen molar-refractivity contribution in [1.29, 1.82) is 0 Å². The van der Waals surface area contributed by atoms with Gasteiger partial charge in [0.25, 0.3) is 5.69 Å². The maximum atomic E-state index is 12.2. The predicted octanol–water partition coefficient (Wildman–Crippen LogP) is 4.98. The number of methoxy groups -OCH3 is 1. The number of nitro groups is 1. The number of rotatable bonds is 9. The standard InChI is InChI=1S/C21H22BrN3O5S2/c1-21(31-7-8-32-21)11-19(26)24-23-12-15-9-17(22)20(18(10-15)29-2)30-13-14-3-5-16(6-4-14)25(27)28/h3-6,9-10,12H,7-8,11,13H2,1-2H3,(H,24,26)/b23-12-. The van der Waals surface area contributed by atoms with E-state index >= 15 is 0 Å². The molecule has 11 heteroatoms. The fourth-order valence-electron chi connectivity index (χ4n) is 2.99. The fourth-order valence-corrected chi connectivity index (χ4v) is 6.40. The molecule has 1 heterocycles. The SMILES string of the molecule is COc1cc(/C=N\NC(=O)CC2(C)SCCS2)cc(Br)c1OCc1ccc([N+](=O)[O-])cc1. The maximum absolute atomic E-state index is 12.2. The summed E-state index contributed by atoms with van der Waals surface area (Å²) in [7, 11) is 1.53. The largest absolute Gasteiger partial charge is 0.493 e. The van der Waals surface area contributed by atoms with E-state index < -0.39 is 4.92 Å². The lowest BCUT2D eigenvalue weighted by Crippen LogP contribution is -2.26. The zero-order valence-electron chi connectivity index (χ0n) is 17.5. The Morgan fingerprint density at radius 1 is 1.31 bits per heavy atom. The predicted molar refractivity (Wildman–Crippen MR) is 132 cm³/mol. The van der Waals surface area contributed by atoms with Gasteiger partial charge in [-0.2, -0.15) is 5.10 Å². The summed E-state index contributed by atoms with van der Waals surface area (Å²) >= 11 is 7.08. The number of benzene rings is 2. The molecule has 1 N–H and O–H groups in total. The Morgan fingerprint density at radius 3 is 2.62 bits per heavy atom. The van der Waals surface area contributed by atoms with Crippen LogP contribution in [-0.4, -0.2) is 39.7 Å². The minimum atomic E-state index is -0.445. The highest BCUT2D eigenvalue weighted by Crippen LogP contribution is 2.45. The molecule has 2 aromatic rings. The maximum Gasteiger partial charge on any atom is 0.269 e. The number of non-ortho nitro benzene ring substituents is 1. The summed E-state index contributed by atoms with van der Waals surface area (Å²) in [5, 5.41) is 14.8. The molecule has 1 aliphatic heterocycles. The molecule has 0 atom stereocenters. The van der Waals surface area contributed by atoms with Crippen LogP contribution < -0.4 is 14.9 Å². The van der Waals surface area contributed by atoms with Crippen molar-refractivity contribution in [3.05, 3.63) is 62.1 Å². The van der Waals surface area contributed by atoms with Crippen molar-refractivity contribution in [3.63, 3.8) is 0 Å². The molecule has 1 aliphatic rings. The average Bonchev–Trinajstić information content (AvgIpc) is 3.18. The molecule has 3 rings (SSSR count). The lowest BCUT2D eigenvalue weighted by molar-refractivity contribution is -0.384. The summed E-state index contributed by atoms with van der Waals surface area (Å²) in [4.78, 5) is 22.5. The van der Waals surface area contributed by atoms with Crippen LogP contribution in [0.15, 0.2) is 46.0 Å². The molecular weight excluding hydrogens is 518 g/mol. The van der Waals surface area contributed by atoms with Crippen LogP contribution >= 0.6 is 39.5 Å². The van der Waals surface area contributed by atoms with Gasteiger partial charge in [-0.05, 0) is 58.2 Å². The lowest BCUT2D eigenvalue weighted by atomic mass is 10.2. The molecule has 1 amide bonds. The van der Waals surface area contributed by atoms with E-state index in [1.165, 1.54) is 19.2 Å². The van der Waals surface area contributed by atoms with Crippen LogP contribution in [0.25, 0.3) is 0 Å². The van der Waals surface area contributed by atoms with Crippen molar-refractivity contribution >= 4 is 57.3 Å². The summed E-state index contributed by atoms with van der Waals surface area (Å²) in [5.41, 5.74) is 4.11. The van der Waals surface area contributed by atoms with E-state index in [9.17, 15) is 14.9 Å². The number of ether oxygens (including phenoxy) is 2. The summed E-state index contributed by atoms with van der Waals surface area (Å²) in [5.74, 6) is 2.98. The zero-order chi connectivity index (χ0) is 23.1. The molecule has 0 unspecified atom stereocenters. The van der Waals surface area contributed by atoms with Crippen LogP contribution in [0.1, 0.15) is 24.5 Å². The smallest absolute Gasteiger partial charge is 0.269 e. The van der Waals surface area contributed by atoms with Gasteiger partial charge >= 0.3 is 0 Å². The lowest BCUT2D eigenvalue weighted by Gasteiger charge is -2.19. The second-order valence-electron chi connectivity index (χ2n) is 7.05. The van der Waals surface area contributed by atoms with E-state index in [2.05, 4.69) is 33.4 Å². The summed E-state index contributed by atoms with van der Waals surface area (Å²) in [6.45, 7) is 2.29. The van der Waals surface area contributed by atoms with Crippen LogP contribution in [-0.2, 0) is 11.4 Å². The van der Waals surface area contributed by atoms with Crippen molar-refractivity contribution in [2.24, 2.45) is 5.10 Å². The number of hydrogen-bond donors (Lipinski definition) is 1. The third-order valence-corrected chi connectivity index (χ3v) is 8.45. The molecule has 0 aliphatic carbocycles. The van der Waals surface area contributed by atoms with Gasteiger partial charge in [-0.3, -0.25) is 14.9 Å². The van der Waals surface area contributed by atoms with Crippen molar-refractivity contribution < 1.29 is 19.2 Å². The van der Waals surface area contributed by atoms with E-state index in [1.807, 2.05) is 0 Å². The molecule has 1 saturated heterocycles. The van der Waals surface area contributed by atoms with E-state index in [0.717, 1.165) is 17.1 Å². The number of hydrazone groups is 1. The fraction of sp³-hybridized carbons (Fsp3) is 0.333. The third kappa shape index (κ3) is 6.63. The molecular formula is C21H22BrN3O5S2. The summed E-state index contributed by atoms with van der Waals surface area (Å²) in [6.07, 6.45) is 1.95. The number of thioether (sulfide) groups is 2. The van der Waals surface area contributed by atoms with Crippen LogP contribution in [0.3, 0.4) is 0 Å². The molecule has 0 bridgehead atoms. The number of nitro benzene ring substituents is 1. The number of amides is 1. The van der Waals surface area contributed by atoms with E-state index in [0.29, 0.717) is 28.0 Å². The van der Waals surface area contributed by atoms with Gasteiger partial charge in [0.15, 0.2) is 11.5 Å². The molecule has 8 nitrogen and oxygen atoms in total. The zero-order valence-corrected chi connectivity index (χ0v) is 20.7. The Kier molecular flexibility index (Phi) is 8.44. The van der Waals surface area contributed by atoms with Crippen molar-refractivity contribution in [1.82, 2.24) is 5.43 Å². The highest BCUT2D eigenvalue weighted by Gasteiger charge is 2.32. The van der Waals surface area contributed by atoms with Crippen molar-refractivity contribution in [3.8, 4) is 11.5 Å². The van der Waals surface area contributed by atoms with Gasteiger partial charge in [0, 0.05) is 23.6 Å². The third-order valence-electron chi connectivity index (χ3n) is 4.56. The van der Waals surface area contributed by atoms with Crippen LogP contribution in [0.4, 0.5) is 5.69 Å². The average molecular weight is 540 g/mol. The van der Waals surface area contributed by atoms with E-state index in [4.69, 9.17) is 9.47 Å². The van der Waals surface area contributed by atoms with Crippen molar-refractivity contribution in [2.75, 3.05) is 18.6 Å². The molecule has 0 saturated carbocycles. The molecule has 2 aromatic carbocycles. The Labute approximate surface area is 202 Å². The van der Waals surface area contributed by atoms with Gasteiger partial charge in [-0.1, -0.05) is 0 Å². The second-order valence-corrected chi connectivity index (χ2v) is 11.4. The van der Waals surface area contributed by atoms with E-state index in [1.54, 1.807) is 54.0 Å². The topological polar surface area (TPSA) is 103 Å². The van der Waals surface area contributed by atoms with Gasteiger partial charge in [0.2, 0.25) is 5.91 Å². The summed E-state index contributed by atoms with van der Waals surface area (Å²) in [6, 6.07) is 9.70. The van der Waals surface area contributed by atoms with Crippen LogP contribution in [0, 0.1) is 10.1 Å². The Balaban J connectivity index is 1.61. The second kappa shape index (κ2) is 11.1. The normalized spacial score (nSPS) is 15.0. The first-order chi connectivity index (χ1) is 15.3. The Bertz CT molecular complexity index is 1010. The molecule has 0 aromatic heterocycles. The van der Waals surface area contributed by atoms with Crippen molar-refractivity contribution in [2.45, 2.75) is 24.0 Å². The first kappa shape index (κ1) is 24.4. The van der Waals surface area contributed by atoms with E-state index in [-0.39, 0.29) is 22.3 Å². The first-order valence-electron chi connectivity index (χ1n) is 9.63. The van der Waals surface area contributed by atoms with Gasteiger partial charge in [-0.25, -0.2) is 5.43 Å². The minimum Gasteiger partial charge on any atom is -0.493 e. The number of nitrogens with zero attached hydrogens (tertiary/aromatic N) is 2. The number of carbonyl (C=O) groups is 1. The van der Waals surface area contributed by atoms with Crippen LogP contribution in [0.5, 0.6) is 11.5 Å². The number of halogens is 1. The number of hydrogen-bond acceptors (Lipinski definition) is 8. The molecule has 32 heavy (non-hydrogen) atoms. The number of nitrogens with one attached hydrogen (secondary N) is 1. The number of carbonyl (C=O) groups excluding carboxylic acids is 1. The highest BCUT2D eigenvalue weighted by molar-refractivity contribution is 9.10. The minimum absolute atomic E-state index is 0.0260. The van der Waals surface area contributed by atoms with Gasteiger partial charge in [0.1, 0.15) is 6.61 Å². The monoisotopic (exact) mass is 539 g/mol. The summed E-state index contributed by atoms with van der Waals surface area (Å²) < 4.78 is 11.9. The first-order valence-corrected chi connectivity index (χ1v) is 12.4. The van der Waals surface area contributed by atoms with Gasteiger partial charge in [-0.15, -0.1) is 23.5 Å². The van der Waals surface area contributed by atoms with Gasteiger partial charge in [0.05, 0.1) is 33.2 Å². The molecule has 0 spiro atoms. The highest BCUT2D eigenvalue weighted by atomic mass is 79.9. The van der Waals surface area contributed by atoms with Crippen LogP contribution in [0.2, 0.25) is 0 Å². The molecule has 0 radical (unpaired) electrons. The molecule has 1 fully saturated rings. The quantitative estimate of drug-likeness (QED) is 0.272. The Morgan fingerprint density at radius 2 is 2.00 bits per heavy atom. The van der Waals surface area contributed by atoms with Gasteiger partial charge < -0.3 is 9.47 Å². The Hall–Kier alpha value is -2.24.